The topological polar surface area (TPSA) is 50.5 Å². The molecule has 6 heteroatoms. The Balaban J connectivity index is 1.47. The monoisotopic (exact) mass is 333 g/mol. The van der Waals surface area contributed by atoms with E-state index in [0.29, 0.717) is 24.8 Å². The molecule has 3 rings (SSSR count). The van der Waals surface area contributed by atoms with Crippen molar-refractivity contribution in [1.29, 1.82) is 0 Å². The van der Waals surface area contributed by atoms with Gasteiger partial charge in [0.2, 0.25) is 0 Å². The van der Waals surface area contributed by atoms with Gasteiger partial charge in [-0.05, 0) is 49.7 Å². The summed E-state index contributed by atoms with van der Waals surface area (Å²) >= 11 is 0. The van der Waals surface area contributed by atoms with E-state index in [2.05, 4.69) is 16.1 Å². The first-order valence-corrected chi connectivity index (χ1v) is 8.49. The molecular formula is C18H24FN3O2. The van der Waals surface area contributed by atoms with Crippen LogP contribution in [-0.4, -0.2) is 52.6 Å². The summed E-state index contributed by atoms with van der Waals surface area (Å²) in [5.74, 6) is 0.888. The molecule has 0 radical (unpaired) electrons. The van der Waals surface area contributed by atoms with Crippen molar-refractivity contribution in [2.24, 2.45) is 0 Å². The fourth-order valence-electron chi connectivity index (χ4n) is 3.15. The number of rotatable bonds is 7. The molecular weight excluding hydrogens is 309 g/mol. The van der Waals surface area contributed by atoms with E-state index < -0.39 is 0 Å². The Bertz CT molecular complexity index is 629. The van der Waals surface area contributed by atoms with Gasteiger partial charge >= 0.3 is 0 Å². The normalized spacial score (nSPS) is 18.7. The van der Waals surface area contributed by atoms with Crippen LogP contribution in [0.15, 0.2) is 36.5 Å². The minimum absolute atomic E-state index is 0.110. The first kappa shape index (κ1) is 16.9. The summed E-state index contributed by atoms with van der Waals surface area (Å²) in [7, 11) is 0. The summed E-state index contributed by atoms with van der Waals surface area (Å²) in [6, 6.07) is 8.19. The van der Waals surface area contributed by atoms with Crippen molar-refractivity contribution in [2.75, 3.05) is 32.8 Å². The maximum Gasteiger partial charge on any atom is 0.123 e. The van der Waals surface area contributed by atoms with Crippen LogP contribution in [0.3, 0.4) is 0 Å². The van der Waals surface area contributed by atoms with Crippen LogP contribution in [0.25, 0.3) is 0 Å². The summed E-state index contributed by atoms with van der Waals surface area (Å²) in [5.41, 5.74) is 1.10. The quantitative estimate of drug-likeness (QED) is 0.844. The van der Waals surface area contributed by atoms with Crippen LogP contribution < -0.4 is 4.74 Å². The van der Waals surface area contributed by atoms with E-state index in [1.54, 1.807) is 16.8 Å². The number of ether oxygens (including phenoxy) is 1. The van der Waals surface area contributed by atoms with Gasteiger partial charge in [0.25, 0.3) is 0 Å². The van der Waals surface area contributed by atoms with Crippen LogP contribution in [-0.2, 0) is 6.54 Å². The van der Waals surface area contributed by atoms with Crippen LogP contribution in [0.1, 0.15) is 24.5 Å². The Labute approximate surface area is 141 Å². The van der Waals surface area contributed by atoms with Crippen LogP contribution >= 0.6 is 0 Å². The molecule has 1 fully saturated rings. The second kappa shape index (κ2) is 8.26. The average Bonchev–Trinajstić information content (AvgIpc) is 3.06. The van der Waals surface area contributed by atoms with Gasteiger partial charge in [-0.3, -0.25) is 9.58 Å². The summed E-state index contributed by atoms with van der Waals surface area (Å²) < 4.78 is 20.4. The van der Waals surface area contributed by atoms with Crippen molar-refractivity contribution in [1.82, 2.24) is 14.7 Å². The molecule has 0 aliphatic carbocycles. The molecule has 0 spiro atoms. The summed E-state index contributed by atoms with van der Waals surface area (Å²) in [6.07, 6.45) is 4.22. The fraction of sp³-hybridized carbons (Fsp3) is 0.500. The third-order valence-electron chi connectivity index (χ3n) is 4.40. The number of hydrogen-bond acceptors (Lipinski definition) is 4. The number of piperidine rings is 1. The second-order valence-corrected chi connectivity index (χ2v) is 6.17. The number of aliphatic hydroxyl groups is 1. The Morgan fingerprint density at radius 3 is 2.83 bits per heavy atom. The van der Waals surface area contributed by atoms with Gasteiger partial charge < -0.3 is 9.84 Å². The minimum Gasteiger partial charge on any atom is -0.492 e. The van der Waals surface area contributed by atoms with Crippen LogP contribution in [0, 0.1) is 5.82 Å². The van der Waals surface area contributed by atoms with E-state index in [0.717, 1.165) is 38.2 Å². The highest BCUT2D eigenvalue weighted by Gasteiger charge is 2.23. The van der Waals surface area contributed by atoms with Gasteiger partial charge in [-0.1, -0.05) is 0 Å². The predicted molar refractivity (Wildman–Crippen MR) is 89.6 cm³/mol. The summed E-state index contributed by atoms with van der Waals surface area (Å²) in [4.78, 5) is 2.39. The summed E-state index contributed by atoms with van der Waals surface area (Å²) in [5, 5.41) is 13.5. The highest BCUT2D eigenvalue weighted by Crippen LogP contribution is 2.25. The summed E-state index contributed by atoms with van der Waals surface area (Å²) in [6.45, 7) is 4.15. The lowest BCUT2D eigenvalue weighted by atomic mass is 9.95. The van der Waals surface area contributed by atoms with Gasteiger partial charge in [-0.2, -0.15) is 5.10 Å². The lowest BCUT2D eigenvalue weighted by Gasteiger charge is -2.31. The highest BCUT2D eigenvalue weighted by atomic mass is 19.1. The van der Waals surface area contributed by atoms with E-state index in [9.17, 15) is 4.39 Å². The lowest BCUT2D eigenvalue weighted by Crippen LogP contribution is -2.37. The SMILES string of the molecule is OCCn1ccc([C@H]2CCCN(CCOc3ccc(F)cc3)C2)n1. The van der Waals surface area contributed by atoms with E-state index in [1.165, 1.54) is 12.1 Å². The van der Waals surface area contributed by atoms with Crippen molar-refractivity contribution in [2.45, 2.75) is 25.3 Å². The van der Waals surface area contributed by atoms with Crippen molar-refractivity contribution in [3.05, 3.63) is 48.0 Å². The molecule has 1 atom stereocenters. The van der Waals surface area contributed by atoms with Crippen LogP contribution in [0.2, 0.25) is 0 Å². The fourth-order valence-corrected chi connectivity index (χ4v) is 3.15. The maximum absolute atomic E-state index is 12.9. The van der Waals surface area contributed by atoms with Crippen molar-refractivity contribution in [3.8, 4) is 5.75 Å². The largest absolute Gasteiger partial charge is 0.492 e. The first-order chi connectivity index (χ1) is 11.7. The molecule has 1 saturated heterocycles. The number of likely N-dealkylation sites (tertiary alicyclic amines) is 1. The molecule has 1 aromatic heterocycles. The van der Waals surface area contributed by atoms with E-state index in [-0.39, 0.29) is 12.4 Å². The molecule has 1 aliphatic heterocycles. The zero-order valence-corrected chi connectivity index (χ0v) is 13.8. The molecule has 5 nitrogen and oxygen atoms in total. The van der Waals surface area contributed by atoms with Crippen molar-refractivity contribution < 1.29 is 14.2 Å². The zero-order chi connectivity index (χ0) is 16.8. The third kappa shape index (κ3) is 4.55. The number of nitrogens with zero attached hydrogens (tertiary/aromatic N) is 3. The van der Waals surface area contributed by atoms with Gasteiger partial charge in [0, 0.05) is 25.2 Å². The maximum atomic E-state index is 12.9. The molecule has 1 N–H and O–H groups in total. The van der Waals surface area contributed by atoms with Crippen molar-refractivity contribution >= 4 is 0 Å². The average molecular weight is 333 g/mol. The molecule has 0 bridgehead atoms. The number of halogens is 1. The molecule has 1 aliphatic rings. The van der Waals surface area contributed by atoms with E-state index >= 15 is 0 Å². The highest BCUT2D eigenvalue weighted by molar-refractivity contribution is 5.22. The van der Waals surface area contributed by atoms with Gasteiger partial charge in [0.1, 0.15) is 18.2 Å². The Hall–Kier alpha value is -1.92. The van der Waals surface area contributed by atoms with Crippen LogP contribution in [0.4, 0.5) is 4.39 Å². The van der Waals surface area contributed by atoms with Crippen molar-refractivity contribution in [3.63, 3.8) is 0 Å². The number of hydrogen-bond donors (Lipinski definition) is 1. The van der Waals surface area contributed by atoms with Gasteiger partial charge in [-0.15, -0.1) is 0 Å². The van der Waals surface area contributed by atoms with E-state index in [1.807, 2.05) is 6.20 Å². The van der Waals surface area contributed by atoms with E-state index in [4.69, 9.17) is 9.84 Å². The standard InChI is InChI=1S/C18H24FN3O2/c19-16-3-5-17(6-4-16)24-13-11-21-8-1-2-15(14-21)18-7-9-22(20-18)10-12-23/h3-7,9,15,23H,1-2,8,10-14H2/t15-/m0/s1. The molecule has 1 aromatic carbocycles. The molecule has 0 saturated carbocycles. The number of benzene rings is 1. The minimum atomic E-state index is -0.248. The molecule has 2 aromatic rings. The molecule has 0 amide bonds. The van der Waals surface area contributed by atoms with Crippen LogP contribution in [0.5, 0.6) is 5.75 Å². The molecule has 130 valence electrons. The zero-order valence-electron chi connectivity index (χ0n) is 13.8. The first-order valence-electron chi connectivity index (χ1n) is 8.49. The second-order valence-electron chi connectivity index (χ2n) is 6.17. The Morgan fingerprint density at radius 1 is 1.21 bits per heavy atom. The Morgan fingerprint density at radius 2 is 2.04 bits per heavy atom. The van der Waals surface area contributed by atoms with Gasteiger partial charge in [0.15, 0.2) is 0 Å². The van der Waals surface area contributed by atoms with Gasteiger partial charge in [-0.25, -0.2) is 4.39 Å². The lowest BCUT2D eigenvalue weighted by molar-refractivity contribution is 0.168. The number of aromatic nitrogens is 2. The third-order valence-corrected chi connectivity index (χ3v) is 4.40. The Kier molecular flexibility index (Phi) is 5.82. The number of aliphatic hydroxyl groups excluding tert-OH is 1. The molecule has 2 heterocycles. The smallest absolute Gasteiger partial charge is 0.123 e. The molecule has 24 heavy (non-hydrogen) atoms. The van der Waals surface area contributed by atoms with Gasteiger partial charge in [0.05, 0.1) is 18.8 Å². The predicted octanol–water partition coefficient (Wildman–Crippen LogP) is 2.27. The molecule has 0 unspecified atom stereocenters.